The molecule has 8 heteroatoms. The van der Waals surface area contributed by atoms with Crippen molar-refractivity contribution in [1.29, 1.82) is 0 Å². The van der Waals surface area contributed by atoms with Crippen molar-refractivity contribution in [2.24, 2.45) is 4.99 Å². The van der Waals surface area contributed by atoms with Crippen LogP contribution in [0.25, 0.3) is 0 Å². The fraction of sp³-hybridized carbons (Fsp3) is 0.714. The van der Waals surface area contributed by atoms with Crippen LogP contribution in [0.1, 0.15) is 33.3 Å². The van der Waals surface area contributed by atoms with Crippen LogP contribution in [0.3, 0.4) is 0 Å². The number of morpholine rings is 1. The SMILES string of the molecule is CCNC(=NCc1ccc(N(CC)CC)nc1)NCC(C)(O)CN1CCOCC1. The molecule has 1 aromatic heterocycles. The van der Waals surface area contributed by atoms with Gasteiger partial charge < -0.3 is 25.4 Å². The van der Waals surface area contributed by atoms with Crippen LogP contribution in [0, 0.1) is 0 Å². The zero-order valence-electron chi connectivity index (χ0n) is 18.4. The molecule has 0 aromatic carbocycles. The summed E-state index contributed by atoms with van der Waals surface area (Å²) in [5.41, 5.74) is 0.207. The first-order valence-electron chi connectivity index (χ1n) is 10.7. The number of aliphatic imine (C=N–C) groups is 1. The number of nitrogens with one attached hydrogen (secondary N) is 2. The van der Waals surface area contributed by atoms with Crippen LogP contribution in [-0.2, 0) is 11.3 Å². The molecule has 1 atom stereocenters. The molecular formula is C21H38N6O2. The molecule has 0 aliphatic carbocycles. The predicted octanol–water partition coefficient (Wildman–Crippen LogP) is 1.07. The van der Waals surface area contributed by atoms with E-state index in [1.54, 1.807) is 0 Å². The standard InChI is InChI=1S/C21H38N6O2/c1-5-22-20(25-16-21(4,28)17-26-10-12-29-13-11-26)24-15-18-8-9-19(23-14-18)27(6-2)7-3/h8-9,14,28H,5-7,10-13,15-17H2,1-4H3,(H2,22,24,25). The molecule has 0 radical (unpaired) electrons. The predicted molar refractivity (Wildman–Crippen MR) is 118 cm³/mol. The van der Waals surface area contributed by atoms with Gasteiger partial charge in [-0.25, -0.2) is 9.98 Å². The van der Waals surface area contributed by atoms with Crippen LogP contribution in [0.15, 0.2) is 23.3 Å². The van der Waals surface area contributed by atoms with E-state index in [0.717, 1.165) is 57.3 Å². The molecule has 1 saturated heterocycles. The van der Waals surface area contributed by atoms with Crippen LogP contribution in [-0.4, -0.2) is 85.6 Å². The van der Waals surface area contributed by atoms with Gasteiger partial charge in [-0.1, -0.05) is 6.07 Å². The van der Waals surface area contributed by atoms with Crippen LogP contribution in [0.5, 0.6) is 0 Å². The Morgan fingerprint density at radius 3 is 2.55 bits per heavy atom. The fourth-order valence-corrected chi connectivity index (χ4v) is 3.33. The Morgan fingerprint density at radius 2 is 1.97 bits per heavy atom. The first-order valence-corrected chi connectivity index (χ1v) is 10.7. The Balaban J connectivity index is 1.89. The van der Waals surface area contributed by atoms with E-state index in [9.17, 15) is 5.11 Å². The van der Waals surface area contributed by atoms with E-state index in [-0.39, 0.29) is 0 Å². The summed E-state index contributed by atoms with van der Waals surface area (Å²) in [6, 6.07) is 4.12. The van der Waals surface area contributed by atoms with Crippen molar-refractivity contribution < 1.29 is 9.84 Å². The number of aromatic nitrogens is 1. The van der Waals surface area contributed by atoms with Gasteiger partial charge in [0.25, 0.3) is 0 Å². The van der Waals surface area contributed by atoms with E-state index < -0.39 is 5.60 Å². The third-order valence-corrected chi connectivity index (χ3v) is 4.97. The van der Waals surface area contributed by atoms with Gasteiger partial charge in [-0.15, -0.1) is 0 Å². The Bertz CT molecular complexity index is 610. The van der Waals surface area contributed by atoms with Gasteiger partial charge in [-0.05, 0) is 39.3 Å². The van der Waals surface area contributed by atoms with Crippen molar-refractivity contribution in [3.63, 3.8) is 0 Å². The molecule has 2 heterocycles. The summed E-state index contributed by atoms with van der Waals surface area (Å²) in [5.74, 6) is 1.69. The van der Waals surface area contributed by atoms with Crippen molar-refractivity contribution >= 4 is 11.8 Å². The maximum Gasteiger partial charge on any atom is 0.191 e. The molecule has 3 N–H and O–H groups in total. The number of ether oxygens (including phenoxy) is 1. The van der Waals surface area contributed by atoms with Gasteiger partial charge in [0.15, 0.2) is 5.96 Å². The second kappa shape index (κ2) is 11.9. The lowest BCUT2D eigenvalue weighted by Crippen LogP contribution is -2.52. The fourth-order valence-electron chi connectivity index (χ4n) is 3.33. The molecule has 29 heavy (non-hydrogen) atoms. The number of hydrogen-bond acceptors (Lipinski definition) is 6. The third-order valence-electron chi connectivity index (χ3n) is 4.97. The van der Waals surface area contributed by atoms with Gasteiger partial charge in [0.1, 0.15) is 5.82 Å². The quantitative estimate of drug-likeness (QED) is 0.396. The molecule has 1 aliphatic heterocycles. The summed E-state index contributed by atoms with van der Waals surface area (Å²) in [6.07, 6.45) is 1.88. The second-order valence-electron chi connectivity index (χ2n) is 7.63. The van der Waals surface area contributed by atoms with Gasteiger partial charge in [0.2, 0.25) is 0 Å². The topological polar surface area (TPSA) is 85.2 Å². The van der Waals surface area contributed by atoms with Gasteiger partial charge in [-0.3, -0.25) is 4.90 Å². The molecule has 1 aliphatic rings. The average molecular weight is 407 g/mol. The summed E-state index contributed by atoms with van der Waals surface area (Å²) in [5, 5.41) is 17.3. The van der Waals surface area contributed by atoms with E-state index in [1.165, 1.54) is 0 Å². The van der Waals surface area contributed by atoms with Crippen molar-refractivity contribution in [3.8, 4) is 0 Å². The summed E-state index contributed by atoms with van der Waals surface area (Å²) in [4.78, 5) is 13.7. The summed E-state index contributed by atoms with van der Waals surface area (Å²) < 4.78 is 5.38. The van der Waals surface area contributed by atoms with Crippen molar-refractivity contribution in [1.82, 2.24) is 20.5 Å². The van der Waals surface area contributed by atoms with Crippen molar-refractivity contribution in [2.45, 2.75) is 39.8 Å². The van der Waals surface area contributed by atoms with E-state index in [0.29, 0.717) is 25.6 Å². The van der Waals surface area contributed by atoms with Gasteiger partial charge >= 0.3 is 0 Å². The average Bonchev–Trinajstić information content (AvgIpc) is 2.72. The molecule has 1 fully saturated rings. The van der Waals surface area contributed by atoms with Gasteiger partial charge in [0, 0.05) is 52.0 Å². The number of aliphatic hydroxyl groups is 1. The zero-order chi connectivity index (χ0) is 21.1. The molecule has 2 rings (SSSR count). The Morgan fingerprint density at radius 1 is 1.24 bits per heavy atom. The van der Waals surface area contributed by atoms with Crippen LogP contribution < -0.4 is 15.5 Å². The molecule has 0 amide bonds. The highest BCUT2D eigenvalue weighted by atomic mass is 16.5. The third kappa shape index (κ3) is 8.16. The zero-order valence-corrected chi connectivity index (χ0v) is 18.4. The first-order chi connectivity index (χ1) is 14.0. The molecule has 0 bridgehead atoms. The molecule has 1 unspecified atom stereocenters. The lowest BCUT2D eigenvalue weighted by molar-refractivity contribution is -0.0201. The maximum atomic E-state index is 10.8. The number of rotatable bonds is 10. The normalized spacial score (nSPS) is 17.6. The maximum absolute atomic E-state index is 10.8. The van der Waals surface area contributed by atoms with E-state index in [4.69, 9.17) is 4.74 Å². The highest BCUT2D eigenvalue weighted by molar-refractivity contribution is 5.79. The van der Waals surface area contributed by atoms with E-state index in [1.807, 2.05) is 26.1 Å². The Labute approximate surface area is 175 Å². The Hall–Kier alpha value is -1.90. The molecule has 1 aromatic rings. The number of pyridine rings is 1. The minimum atomic E-state index is -0.847. The number of nitrogens with zero attached hydrogens (tertiary/aromatic N) is 4. The van der Waals surface area contributed by atoms with Crippen LogP contribution in [0.4, 0.5) is 5.82 Å². The smallest absolute Gasteiger partial charge is 0.191 e. The highest BCUT2D eigenvalue weighted by Gasteiger charge is 2.25. The minimum absolute atomic E-state index is 0.426. The molecule has 0 spiro atoms. The Kier molecular flexibility index (Phi) is 9.63. The monoisotopic (exact) mass is 406 g/mol. The molecule has 164 valence electrons. The summed E-state index contributed by atoms with van der Waals surface area (Å²) in [7, 11) is 0. The van der Waals surface area contributed by atoms with Gasteiger partial charge in [-0.2, -0.15) is 0 Å². The lowest BCUT2D eigenvalue weighted by atomic mass is 10.1. The highest BCUT2D eigenvalue weighted by Crippen LogP contribution is 2.11. The second-order valence-corrected chi connectivity index (χ2v) is 7.63. The lowest BCUT2D eigenvalue weighted by Gasteiger charge is -2.34. The minimum Gasteiger partial charge on any atom is -0.387 e. The van der Waals surface area contributed by atoms with Gasteiger partial charge in [0.05, 0.1) is 25.4 Å². The largest absolute Gasteiger partial charge is 0.387 e. The number of β-amino-alcohol motifs (C(OH)–C–C–N with tert-alkyl or cyclic N) is 1. The van der Waals surface area contributed by atoms with Crippen molar-refractivity contribution in [2.75, 3.05) is 63.9 Å². The first kappa shape index (κ1) is 23.4. The number of hydrogen-bond donors (Lipinski definition) is 3. The van der Waals surface area contributed by atoms with Crippen LogP contribution in [0.2, 0.25) is 0 Å². The number of anilines is 1. The van der Waals surface area contributed by atoms with E-state index >= 15 is 0 Å². The summed E-state index contributed by atoms with van der Waals surface area (Å²) >= 11 is 0. The molecule has 8 nitrogen and oxygen atoms in total. The number of guanidine groups is 1. The van der Waals surface area contributed by atoms with Crippen molar-refractivity contribution in [3.05, 3.63) is 23.9 Å². The van der Waals surface area contributed by atoms with E-state index in [2.05, 4.69) is 50.3 Å². The van der Waals surface area contributed by atoms with Crippen LogP contribution >= 0.6 is 0 Å². The molecule has 0 saturated carbocycles. The summed E-state index contributed by atoms with van der Waals surface area (Å²) in [6.45, 7) is 15.6. The molecular weight excluding hydrogens is 368 g/mol.